The van der Waals surface area contributed by atoms with E-state index in [1.807, 2.05) is 4.68 Å². The van der Waals surface area contributed by atoms with Crippen LogP contribution in [0.5, 0.6) is 5.88 Å². The van der Waals surface area contributed by atoms with E-state index in [9.17, 15) is 0 Å². The van der Waals surface area contributed by atoms with E-state index in [0.29, 0.717) is 35.8 Å². The van der Waals surface area contributed by atoms with E-state index in [2.05, 4.69) is 43.2 Å². The van der Waals surface area contributed by atoms with Crippen molar-refractivity contribution < 1.29 is 9.47 Å². The highest BCUT2D eigenvalue weighted by Crippen LogP contribution is 2.39. The molecule has 1 saturated heterocycles. The van der Waals surface area contributed by atoms with E-state index in [4.69, 9.17) is 26.2 Å². The van der Waals surface area contributed by atoms with Crippen LogP contribution in [0.15, 0.2) is 10.8 Å². The summed E-state index contributed by atoms with van der Waals surface area (Å²) in [6.07, 6.45) is 4.46. The summed E-state index contributed by atoms with van der Waals surface area (Å²) < 4.78 is 16.2. The molecule has 3 aromatic rings. The maximum absolute atomic E-state index is 6.21. The Morgan fingerprint density at radius 2 is 2.21 bits per heavy atom. The second kappa shape index (κ2) is 7.16. The number of rotatable bonds is 1. The van der Waals surface area contributed by atoms with E-state index in [0.717, 1.165) is 41.5 Å². The first kappa shape index (κ1) is 18.1. The van der Waals surface area contributed by atoms with Crippen LogP contribution in [-0.2, 0) is 11.3 Å². The van der Waals surface area contributed by atoms with Crippen LogP contribution in [0.25, 0.3) is 11.0 Å². The van der Waals surface area contributed by atoms with Gasteiger partial charge in [-0.15, -0.1) is 5.10 Å². The first-order chi connectivity index (χ1) is 13.6. The monoisotopic (exact) mass is 467 g/mol. The molecule has 2 aliphatic rings. The average Bonchev–Trinajstić information content (AvgIpc) is 3.16. The molecule has 0 saturated carbocycles. The molecule has 0 aromatic carbocycles. The molecule has 1 fully saturated rings. The molecule has 2 bridgehead atoms. The lowest BCUT2D eigenvalue weighted by molar-refractivity contribution is 0.00281. The smallest absolute Gasteiger partial charge is 0.258 e. The Labute approximate surface area is 174 Å². The topological polar surface area (TPSA) is 91.9 Å². The lowest BCUT2D eigenvalue weighted by Crippen LogP contribution is -2.26. The molecule has 0 radical (unpaired) electrons. The SMILES string of the molecule is C[C@H]1C[C@@H](n2nc3c(c2Br)Nc2ncc4c(Cl)nn(c4n2)CCCO3)CCO1. The summed E-state index contributed by atoms with van der Waals surface area (Å²) in [4.78, 5) is 9.00. The van der Waals surface area contributed by atoms with Crippen LogP contribution < -0.4 is 10.1 Å². The minimum Gasteiger partial charge on any atom is -0.475 e. The highest BCUT2D eigenvalue weighted by atomic mass is 79.9. The van der Waals surface area contributed by atoms with Gasteiger partial charge in [0.1, 0.15) is 10.3 Å². The summed E-state index contributed by atoms with van der Waals surface area (Å²) in [5.74, 6) is 0.977. The zero-order chi connectivity index (χ0) is 19.3. The van der Waals surface area contributed by atoms with Gasteiger partial charge in [-0.25, -0.2) is 14.3 Å². The second-order valence-corrected chi connectivity index (χ2v) is 8.16. The van der Waals surface area contributed by atoms with Gasteiger partial charge in [-0.1, -0.05) is 11.6 Å². The summed E-state index contributed by atoms with van der Waals surface area (Å²) in [6.45, 7) is 3.96. The highest BCUT2D eigenvalue weighted by molar-refractivity contribution is 9.10. The van der Waals surface area contributed by atoms with Crippen molar-refractivity contribution in [2.45, 2.75) is 44.9 Å². The van der Waals surface area contributed by atoms with Crippen LogP contribution in [0.1, 0.15) is 32.2 Å². The van der Waals surface area contributed by atoms with Crippen molar-refractivity contribution in [1.29, 1.82) is 0 Å². The maximum atomic E-state index is 6.21. The highest BCUT2D eigenvalue weighted by Gasteiger charge is 2.28. The number of ether oxygens (including phenoxy) is 2. The predicted molar refractivity (Wildman–Crippen MR) is 107 cm³/mol. The van der Waals surface area contributed by atoms with Crippen molar-refractivity contribution in [2.75, 3.05) is 18.5 Å². The molecule has 5 heterocycles. The van der Waals surface area contributed by atoms with Crippen LogP contribution in [0.3, 0.4) is 0 Å². The van der Waals surface area contributed by atoms with Gasteiger partial charge in [-0.05, 0) is 35.7 Å². The standard InChI is InChI=1S/C17H19BrClN7O2/c1-9-7-10(3-6-27-9)26-13(18)12-16(24-26)28-5-2-4-25-15-11(14(19)23-25)8-20-17(21-12)22-15/h8-10H,2-7H2,1H3,(H,20,21,22)/t9-,10-/m0/s1. The van der Waals surface area contributed by atoms with Crippen LogP contribution in [0.4, 0.5) is 11.6 Å². The van der Waals surface area contributed by atoms with E-state index in [1.54, 1.807) is 10.9 Å². The van der Waals surface area contributed by atoms with Crippen LogP contribution in [0.2, 0.25) is 5.15 Å². The summed E-state index contributed by atoms with van der Waals surface area (Å²) in [7, 11) is 0. The minimum atomic E-state index is 0.206. The van der Waals surface area contributed by atoms with Gasteiger partial charge in [0.2, 0.25) is 5.95 Å². The Bertz CT molecular complexity index is 1040. The molecule has 9 nitrogen and oxygen atoms in total. The van der Waals surface area contributed by atoms with Gasteiger partial charge < -0.3 is 14.8 Å². The molecule has 11 heteroatoms. The van der Waals surface area contributed by atoms with Crippen molar-refractivity contribution in [3.8, 4) is 5.88 Å². The van der Waals surface area contributed by atoms with Crippen molar-refractivity contribution in [1.82, 2.24) is 29.5 Å². The number of aryl methyl sites for hydroxylation is 1. The molecule has 2 aliphatic heterocycles. The molecule has 1 N–H and O–H groups in total. The van der Waals surface area contributed by atoms with Gasteiger partial charge in [0.15, 0.2) is 10.8 Å². The Morgan fingerprint density at radius 3 is 3.07 bits per heavy atom. The van der Waals surface area contributed by atoms with E-state index in [1.165, 1.54) is 0 Å². The Balaban J connectivity index is 1.56. The maximum Gasteiger partial charge on any atom is 0.258 e. The molecule has 0 amide bonds. The normalized spacial score (nSPS) is 22.4. The van der Waals surface area contributed by atoms with Crippen molar-refractivity contribution in [3.63, 3.8) is 0 Å². The van der Waals surface area contributed by atoms with Gasteiger partial charge in [0.05, 0.1) is 24.1 Å². The molecule has 2 atom stereocenters. The third kappa shape index (κ3) is 3.13. The molecular weight excluding hydrogens is 450 g/mol. The number of fused-ring (bicyclic) bond motifs is 2. The lowest BCUT2D eigenvalue weighted by Gasteiger charge is -2.27. The number of hydrogen-bond acceptors (Lipinski definition) is 7. The van der Waals surface area contributed by atoms with Crippen molar-refractivity contribution in [3.05, 3.63) is 16.0 Å². The first-order valence-corrected chi connectivity index (χ1v) is 10.5. The third-order valence-electron chi connectivity index (χ3n) is 5.06. The van der Waals surface area contributed by atoms with E-state index >= 15 is 0 Å². The van der Waals surface area contributed by atoms with Gasteiger partial charge in [-0.2, -0.15) is 10.1 Å². The Kier molecular flexibility index (Phi) is 4.64. The molecule has 148 valence electrons. The lowest BCUT2D eigenvalue weighted by atomic mass is 10.1. The Morgan fingerprint density at radius 1 is 1.32 bits per heavy atom. The summed E-state index contributed by atoms with van der Waals surface area (Å²) in [5.41, 5.74) is 1.42. The summed E-state index contributed by atoms with van der Waals surface area (Å²) in [5, 5.41) is 13.5. The van der Waals surface area contributed by atoms with Crippen LogP contribution >= 0.6 is 27.5 Å². The zero-order valence-electron chi connectivity index (χ0n) is 15.2. The molecule has 5 rings (SSSR count). The zero-order valence-corrected chi connectivity index (χ0v) is 17.6. The van der Waals surface area contributed by atoms with Crippen molar-refractivity contribution in [2.24, 2.45) is 0 Å². The van der Waals surface area contributed by atoms with Gasteiger partial charge >= 0.3 is 0 Å². The Hall–Kier alpha value is -1.91. The van der Waals surface area contributed by atoms with Gasteiger partial charge in [0, 0.05) is 25.8 Å². The molecule has 3 aromatic heterocycles. The molecule has 0 spiro atoms. The van der Waals surface area contributed by atoms with E-state index < -0.39 is 0 Å². The van der Waals surface area contributed by atoms with Crippen LogP contribution in [0, 0.1) is 0 Å². The van der Waals surface area contributed by atoms with Crippen LogP contribution in [-0.4, -0.2) is 48.8 Å². The fourth-order valence-corrected chi connectivity index (χ4v) is 4.53. The van der Waals surface area contributed by atoms with Gasteiger partial charge in [0.25, 0.3) is 5.88 Å². The molecular formula is C17H19BrClN7O2. The number of halogens is 2. The predicted octanol–water partition coefficient (Wildman–Crippen LogP) is 3.70. The van der Waals surface area contributed by atoms with E-state index in [-0.39, 0.29) is 12.1 Å². The molecule has 0 aliphatic carbocycles. The summed E-state index contributed by atoms with van der Waals surface area (Å²) >= 11 is 9.91. The number of nitrogens with one attached hydrogen (secondary N) is 1. The number of anilines is 2. The number of hydrogen-bond donors (Lipinski definition) is 1. The second-order valence-electron chi connectivity index (χ2n) is 7.05. The number of aromatic nitrogens is 6. The summed E-state index contributed by atoms with van der Waals surface area (Å²) in [6, 6.07) is 0.243. The first-order valence-electron chi connectivity index (χ1n) is 9.28. The minimum absolute atomic E-state index is 0.206. The van der Waals surface area contributed by atoms with Crippen molar-refractivity contribution >= 4 is 50.2 Å². The number of nitrogens with zero attached hydrogens (tertiary/aromatic N) is 6. The quantitative estimate of drug-likeness (QED) is 0.582. The largest absolute Gasteiger partial charge is 0.475 e. The van der Waals surface area contributed by atoms with Gasteiger partial charge in [-0.3, -0.25) is 0 Å². The molecule has 28 heavy (non-hydrogen) atoms. The fraction of sp³-hybridized carbons (Fsp3) is 0.529. The fourth-order valence-electron chi connectivity index (χ4n) is 3.67. The molecule has 0 unspecified atom stereocenters. The third-order valence-corrected chi connectivity index (χ3v) is 6.10. The average molecular weight is 469 g/mol.